The number of aromatic nitrogens is 1. The predicted molar refractivity (Wildman–Crippen MR) is 94.3 cm³/mol. The molecule has 0 saturated carbocycles. The van der Waals surface area contributed by atoms with Crippen molar-refractivity contribution in [1.82, 2.24) is 9.88 Å². The van der Waals surface area contributed by atoms with E-state index >= 15 is 0 Å². The van der Waals surface area contributed by atoms with Crippen LogP contribution in [0.5, 0.6) is 0 Å². The van der Waals surface area contributed by atoms with Gasteiger partial charge in [0.25, 0.3) is 0 Å². The number of nitrogens with two attached hydrogens (primary N) is 1. The minimum atomic E-state index is -0.514. The third kappa shape index (κ3) is 4.54. The number of carbonyl (C=O) groups is 2. The van der Waals surface area contributed by atoms with E-state index in [1.54, 1.807) is 17.2 Å². The predicted octanol–water partition coefficient (Wildman–Crippen LogP) is 1.94. The number of nitrogens with zero attached hydrogens (tertiary/aromatic N) is 2. The van der Waals surface area contributed by atoms with Gasteiger partial charge in [0.2, 0.25) is 11.8 Å². The quantitative estimate of drug-likeness (QED) is 0.885. The Labute approximate surface area is 143 Å². The van der Waals surface area contributed by atoms with Gasteiger partial charge in [-0.2, -0.15) is 0 Å². The summed E-state index contributed by atoms with van der Waals surface area (Å²) in [6, 6.07) is 3.20. The molecule has 0 aliphatic carbocycles. The van der Waals surface area contributed by atoms with Gasteiger partial charge in [-0.1, -0.05) is 26.8 Å². The summed E-state index contributed by atoms with van der Waals surface area (Å²) >= 11 is 0. The Morgan fingerprint density at radius 3 is 2.42 bits per heavy atom. The Hall–Kier alpha value is -1.95. The molecule has 1 fully saturated rings. The Kier molecular flexibility index (Phi) is 5.59. The smallest absolute Gasteiger partial charge is 0.240 e. The second-order valence-electron chi connectivity index (χ2n) is 7.65. The number of pyridine rings is 1. The molecule has 6 nitrogen and oxygen atoms in total. The molecular formula is C18H28N4O2. The van der Waals surface area contributed by atoms with Crippen molar-refractivity contribution in [3.8, 4) is 0 Å². The van der Waals surface area contributed by atoms with E-state index in [1.165, 1.54) is 0 Å². The summed E-state index contributed by atoms with van der Waals surface area (Å²) < 4.78 is 0. The zero-order valence-corrected chi connectivity index (χ0v) is 15.0. The number of rotatable bonds is 3. The van der Waals surface area contributed by atoms with E-state index in [0.29, 0.717) is 31.7 Å². The molecule has 6 heteroatoms. The van der Waals surface area contributed by atoms with Crippen LogP contribution in [0.3, 0.4) is 0 Å². The topological polar surface area (TPSA) is 88.3 Å². The summed E-state index contributed by atoms with van der Waals surface area (Å²) in [5.74, 6) is 0.419. The summed E-state index contributed by atoms with van der Waals surface area (Å²) in [4.78, 5) is 30.8. The standard InChI is InChI=1S/C18H28N4O2/c1-12-5-6-14(20-11-12)21-16(23)13-7-9-22(10-8-13)17(24)15(19)18(2,3)4/h5-6,11,13,15H,7-10,19H2,1-4H3,(H,20,21,23)/t15-/m1/s1. The van der Waals surface area contributed by atoms with E-state index in [0.717, 1.165) is 5.56 Å². The highest BCUT2D eigenvalue weighted by Gasteiger charge is 2.34. The van der Waals surface area contributed by atoms with E-state index in [-0.39, 0.29) is 23.1 Å². The molecule has 1 aromatic heterocycles. The molecule has 1 aliphatic rings. The number of hydrogen-bond donors (Lipinski definition) is 2. The van der Waals surface area contributed by atoms with Crippen LogP contribution in [0.2, 0.25) is 0 Å². The highest BCUT2D eigenvalue weighted by atomic mass is 16.2. The van der Waals surface area contributed by atoms with Gasteiger partial charge < -0.3 is 16.0 Å². The van der Waals surface area contributed by atoms with Gasteiger partial charge in [-0.25, -0.2) is 4.98 Å². The number of likely N-dealkylation sites (tertiary alicyclic amines) is 1. The number of amides is 2. The Morgan fingerprint density at radius 1 is 1.29 bits per heavy atom. The fourth-order valence-corrected chi connectivity index (χ4v) is 2.70. The molecule has 0 aromatic carbocycles. The Morgan fingerprint density at radius 2 is 1.92 bits per heavy atom. The second-order valence-corrected chi connectivity index (χ2v) is 7.65. The maximum absolute atomic E-state index is 12.4. The first-order valence-corrected chi connectivity index (χ1v) is 8.46. The van der Waals surface area contributed by atoms with Crippen LogP contribution in [-0.2, 0) is 9.59 Å². The molecule has 0 spiro atoms. The van der Waals surface area contributed by atoms with Gasteiger partial charge in [0, 0.05) is 25.2 Å². The average molecular weight is 332 g/mol. The molecule has 3 N–H and O–H groups in total. The lowest BCUT2D eigenvalue weighted by molar-refractivity contribution is -0.137. The van der Waals surface area contributed by atoms with Crippen LogP contribution in [-0.4, -0.2) is 40.8 Å². The maximum Gasteiger partial charge on any atom is 0.240 e. The van der Waals surface area contributed by atoms with Gasteiger partial charge in [0.1, 0.15) is 5.82 Å². The summed E-state index contributed by atoms with van der Waals surface area (Å²) in [5.41, 5.74) is 6.84. The molecule has 1 aromatic rings. The summed E-state index contributed by atoms with van der Waals surface area (Å²) in [5, 5.41) is 2.85. The van der Waals surface area contributed by atoms with Gasteiger partial charge in [-0.15, -0.1) is 0 Å². The van der Waals surface area contributed by atoms with Gasteiger partial charge in [-0.3, -0.25) is 9.59 Å². The summed E-state index contributed by atoms with van der Waals surface area (Å²) in [6.07, 6.45) is 3.03. The van der Waals surface area contributed by atoms with Crippen LogP contribution < -0.4 is 11.1 Å². The second kappa shape index (κ2) is 7.30. The van der Waals surface area contributed by atoms with E-state index in [9.17, 15) is 9.59 Å². The highest BCUT2D eigenvalue weighted by molar-refractivity contribution is 5.92. The number of aryl methyl sites for hydroxylation is 1. The lowest BCUT2D eigenvalue weighted by Gasteiger charge is -2.36. The number of piperidine rings is 1. The lowest BCUT2D eigenvalue weighted by Crippen LogP contribution is -2.53. The number of hydrogen-bond acceptors (Lipinski definition) is 4. The number of carbonyl (C=O) groups excluding carboxylic acids is 2. The molecule has 24 heavy (non-hydrogen) atoms. The van der Waals surface area contributed by atoms with Gasteiger partial charge in [0.05, 0.1) is 6.04 Å². The molecule has 0 radical (unpaired) electrons. The average Bonchev–Trinajstić information content (AvgIpc) is 2.55. The van der Waals surface area contributed by atoms with Crippen molar-refractivity contribution in [2.75, 3.05) is 18.4 Å². The van der Waals surface area contributed by atoms with Crippen LogP contribution in [0, 0.1) is 18.3 Å². The normalized spacial score (nSPS) is 17.5. The van der Waals surface area contributed by atoms with Crippen molar-refractivity contribution in [1.29, 1.82) is 0 Å². The highest BCUT2D eigenvalue weighted by Crippen LogP contribution is 2.23. The van der Waals surface area contributed by atoms with Crippen LogP contribution in [0.25, 0.3) is 0 Å². The van der Waals surface area contributed by atoms with Gasteiger partial charge >= 0.3 is 0 Å². The fraction of sp³-hybridized carbons (Fsp3) is 0.611. The molecular weight excluding hydrogens is 304 g/mol. The van der Waals surface area contributed by atoms with E-state index in [1.807, 2.05) is 33.8 Å². The zero-order chi connectivity index (χ0) is 17.9. The van der Waals surface area contributed by atoms with Gasteiger partial charge in [-0.05, 0) is 36.8 Å². The maximum atomic E-state index is 12.4. The molecule has 2 rings (SSSR count). The van der Waals surface area contributed by atoms with Crippen molar-refractivity contribution in [3.63, 3.8) is 0 Å². The summed E-state index contributed by atoms with van der Waals surface area (Å²) in [7, 11) is 0. The molecule has 1 aliphatic heterocycles. The van der Waals surface area contributed by atoms with Crippen LogP contribution in [0.15, 0.2) is 18.3 Å². The lowest BCUT2D eigenvalue weighted by atomic mass is 9.86. The molecule has 2 amide bonds. The largest absolute Gasteiger partial charge is 0.341 e. The summed E-state index contributed by atoms with van der Waals surface area (Å²) in [6.45, 7) is 8.98. The zero-order valence-electron chi connectivity index (χ0n) is 15.0. The van der Waals surface area contributed by atoms with Crippen molar-refractivity contribution < 1.29 is 9.59 Å². The first-order chi connectivity index (χ1) is 11.2. The van der Waals surface area contributed by atoms with E-state index in [2.05, 4.69) is 10.3 Å². The van der Waals surface area contributed by atoms with Crippen molar-refractivity contribution in [2.45, 2.75) is 46.6 Å². The van der Waals surface area contributed by atoms with E-state index in [4.69, 9.17) is 5.73 Å². The molecule has 2 heterocycles. The number of anilines is 1. The third-order valence-corrected chi connectivity index (χ3v) is 4.54. The molecule has 1 saturated heterocycles. The molecule has 0 bridgehead atoms. The van der Waals surface area contributed by atoms with Crippen LogP contribution in [0.4, 0.5) is 5.82 Å². The van der Waals surface area contributed by atoms with Crippen molar-refractivity contribution >= 4 is 17.6 Å². The molecule has 0 unspecified atom stereocenters. The van der Waals surface area contributed by atoms with Crippen molar-refractivity contribution in [2.24, 2.45) is 17.1 Å². The van der Waals surface area contributed by atoms with Crippen LogP contribution >= 0.6 is 0 Å². The number of nitrogens with one attached hydrogen (secondary N) is 1. The van der Waals surface area contributed by atoms with E-state index < -0.39 is 6.04 Å². The molecule has 132 valence electrons. The van der Waals surface area contributed by atoms with Crippen molar-refractivity contribution in [3.05, 3.63) is 23.9 Å². The molecule has 1 atom stereocenters. The Bertz CT molecular complexity index is 584. The van der Waals surface area contributed by atoms with Crippen LogP contribution in [0.1, 0.15) is 39.2 Å². The first-order valence-electron chi connectivity index (χ1n) is 8.46. The fourth-order valence-electron chi connectivity index (χ4n) is 2.70. The third-order valence-electron chi connectivity index (χ3n) is 4.54. The van der Waals surface area contributed by atoms with Gasteiger partial charge in [0.15, 0.2) is 0 Å². The monoisotopic (exact) mass is 332 g/mol. The SMILES string of the molecule is Cc1ccc(NC(=O)C2CCN(C(=O)[C@@H](N)C(C)(C)C)CC2)nc1. The minimum Gasteiger partial charge on any atom is -0.341 e. The first kappa shape index (κ1) is 18.4. The minimum absolute atomic E-state index is 0.0263. The Balaban J connectivity index is 1.87.